The van der Waals surface area contributed by atoms with E-state index < -0.39 is 0 Å². The molecule has 1 saturated carbocycles. The van der Waals surface area contributed by atoms with Gasteiger partial charge in [-0.25, -0.2) is 0 Å². The van der Waals surface area contributed by atoms with Gasteiger partial charge in [-0.15, -0.1) is 10.2 Å². The minimum absolute atomic E-state index is 0.519. The molecule has 3 nitrogen and oxygen atoms in total. The molecule has 0 radical (unpaired) electrons. The molecule has 1 aliphatic carbocycles. The van der Waals surface area contributed by atoms with Crippen molar-refractivity contribution < 1.29 is 0 Å². The lowest BCUT2D eigenvalue weighted by Gasteiger charge is -2.17. The molecule has 21 heavy (non-hydrogen) atoms. The molecule has 112 valence electrons. The highest BCUT2D eigenvalue weighted by molar-refractivity contribution is 7.99. The van der Waals surface area contributed by atoms with Crippen molar-refractivity contribution in [3.63, 3.8) is 0 Å². The van der Waals surface area contributed by atoms with Crippen LogP contribution in [0.3, 0.4) is 0 Å². The molecule has 1 aliphatic rings. The summed E-state index contributed by atoms with van der Waals surface area (Å²) in [5, 5.41) is 10.7. The number of aromatic nitrogens is 3. The first-order valence-corrected chi connectivity index (χ1v) is 9.00. The number of hydrogen-bond acceptors (Lipinski definition) is 3. The molecule has 1 aromatic heterocycles. The van der Waals surface area contributed by atoms with Crippen molar-refractivity contribution in [1.82, 2.24) is 14.8 Å². The molecule has 1 fully saturated rings. The SMILES string of the molecule is CCCSc1nnc(-c2ccccc2Cl)n1C1CCCC1. The number of halogens is 1. The molecule has 0 N–H and O–H groups in total. The van der Waals surface area contributed by atoms with Crippen LogP contribution in [0.15, 0.2) is 29.4 Å². The number of rotatable bonds is 5. The number of thioether (sulfide) groups is 1. The van der Waals surface area contributed by atoms with Crippen molar-refractivity contribution in [3.8, 4) is 11.4 Å². The van der Waals surface area contributed by atoms with E-state index in [0.29, 0.717) is 6.04 Å². The lowest BCUT2D eigenvalue weighted by atomic mass is 10.2. The van der Waals surface area contributed by atoms with Gasteiger partial charge in [-0.3, -0.25) is 4.57 Å². The molecule has 3 rings (SSSR count). The van der Waals surface area contributed by atoms with Crippen molar-refractivity contribution >= 4 is 23.4 Å². The number of benzene rings is 1. The molecule has 0 saturated heterocycles. The van der Waals surface area contributed by atoms with Gasteiger partial charge in [-0.05, 0) is 31.4 Å². The largest absolute Gasteiger partial charge is 0.299 e. The van der Waals surface area contributed by atoms with Crippen molar-refractivity contribution in [2.24, 2.45) is 0 Å². The molecule has 2 aromatic rings. The van der Waals surface area contributed by atoms with Gasteiger partial charge in [0.05, 0.1) is 5.02 Å². The zero-order valence-electron chi connectivity index (χ0n) is 12.3. The minimum atomic E-state index is 0.519. The highest BCUT2D eigenvalue weighted by atomic mass is 35.5. The Bertz CT molecular complexity index is 605. The van der Waals surface area contributed by atoms with Gasteiger partial charge in [0.25, 0.3) is 0 Å². The molecule has 1 aromatic carbocycles. The maximum Gasteiger partial charge on any atom is 0.191 e. The minimum Gasteiger partial charge on any atom is -0.299 e. The Hall–Kier alpha value is -1.00. The predicted octanol–water partition coefficient (Wildman–Crippen LogP) is 5.22. The number of hydrogen-bond donors (Lipinski definition) is 0. The van der Waals surface area contributed by atoms with E-state index in [1.165, 1.54) is 25.7 Å². The molecule has 1 heterocycles. The van der Waals surface area contributed by atoms with Crippen molar-refractivity contribution in [1.29, 1.82) is 0 Å². The zero-order chi connectivity index (χ0) is 14.7. The van der Waals surface area contributed by atoms with Crippen LogP contribution in [-0.4, -0.2) is 20.5 Å². The van der Waals surface area contributed by atoms with Crippen molar-refractivity contribution in [2.75, 3.05) is 5.75 Å². The van der Waals surface area contributed by atoms with Crippen LogP contribution in [0.1, 0.15) is 45.1 Å². The fraction of sp³-hybridized carbons (Fsp3) is 0.500. The van der Waals surface area contributed by atoms with E-state index in [1.54, 1.807) is 11.8 Å². The van der Waals surface area contributed by atoms with Gasteiger partial charge in [0.15, 0.2) is 11.0 Å². The van der Waals surface area contributed by atoms with Gasteiger partial charge in [-0.1, -0.05) is 55.3 Å². The Kier molecular flexibility index (Phi) is 4.86. The summed E-state index contributed by atoms with van der Waals surface area (Å²) in [6, 6.07) is 8.43. The molecule has 0 aliphatic heterocycles. The lowest BCUT2D eigenvalue weighted by Crippen LogP contribution is -2.08. The summed E-state index contributed by atoms with van der Waals surface area (Å²) in [5.74, 6) is 2.00. The molecule has 0 spiro atoms. The molecule has 0 atom stereocenters. The van der Waals surface area contributed by atoms with Crippen LogP contribution in [0.2, 0.25) is 5.02 Å². The first-order valence-electron chi connectivity index (χ1n) is 7.64. The van der Waals surface area contributed by atoms with Crippen LogP contribution in [0.5, 0.6) is 0 Å². The molecule has 0 unspecified atom stereocenters. The summed E-state index contributed by atoms with van der Waals surface area (Å²) in [6.07, 6.45) is 6.17. The standard InChI is InChI=1S/C16H20ClN3S/c1-2-11-21-16-19-18-15(13-9-5-6-10-14(13)17)20(16)12-7-3-4-8-12/h5-6,9-10,12H,2-4,7-8,11H2,1H3. The van der Waals surface area contributed by atoms with Crippen molar-refractivity contribution in [3.05, 3.63) is 29.3 Å². The van der Waals surface area contributed by atoms with Crippen LogP contribution in [-0.2, 0) is 0 Å². The molecular weight excluding hydrogens is 302 g/mol. The van der Waals surface area contributed by atoms with Crippen LogP contribution < -0.4 is 0 Å². The Morgan fingerprint density at radius 2 is 2.00 bits per heavy atom. The summed E-state index contributed by atoms with van der Waals surface area (Å²) in [4.78, 5) is 0. The maximum atomic E-state index is 6.36. The summed E-state index contributed by atoms with van der Waals surface area (Å²) in [6.45, 7) is 2.19. The van der Waals surface area contributed by atoms with Gasteiger partial charge in [0, 0.05) is 17.4 Å². The van der Waals surface area contributed by atoms with Gasteiger partial charge < -0.3 is 0 Å². The van der Waals surface area contributed by atoms with E-state index in [-0.39, 0.29) is 0 Å². The van der Waals surface area contributed by atoms with Gasteiger partial charge in [0.2, 0.25) is 0 Å². The van der Waals surface area contributed by atoms with E-state index in [2.05, 4.69) is 21.7 Å². The zero-order valence-corrected chi connectivity index (χ0v) is 13.8. The lowest BCUT2D eigenvalue weighted by molar-refractivity contribution is 0.485. The summed E-state index contributed by atoms with van der Waals surface area (Å²) >= 11 is 8.16. The Morgan fingerprint density at radius 3 is 2.71 bits per heavy atom. The maximum absolute atomic E-state index is 6.36. The monoisotopic (exact) mass is 321 g/mol. The highest BCUT2D eigenvalue weighted by Crippen LogP contribution is 2.38. The molecule has 0 amide bonds. The van der Waals surface area contributed by atoms with Crippen LogP contribution in [0, 0.1) is 0 Å². The third-order valence-corrected chi connectivity index (χ3v) is 5.38. The average molecular weight is 322 g/mol. The summed E-state index contributed by atoms with van der Waals surface area (Å²) in [5.41, 5.74) is 0.988. The number of nitrogens with zero attached hydrogens (tertiary/aromatic N) is 3. The highest BCUT2D eigenvalue weighted by Gasteiger charge is 2.25. The Morgan fingerprint density at radius 1 is 1.24 bits per heavy atom. The summed E-state index contributed by atoms with van der Waals surface area (Å²) in [7, 11) is 0. The van der Waals surface area contributed by atoms with Gasteiger partial charge >= 0.3 is 0 Å². The third kappa shape index (κ3) is 3.11. The molecule has 0 bridgehead atoms. The predicted molar refractivity (Wildman–Crippen MR) is 89.0 cm³/mol. The second kappa shape index (κ2) is 6.84. The van der Waals surface area contributed by atoms with Crippen LogP contribution in [0.4, 0.5) is 0 Å². The van der Waals surface area contributed by atoms with Crippen LogP contribution >= 0.6 is 23.4 Å². The topological polar surface area (TPSA) is 30.7 Å². The average Bonchev–Trinajstić information content (AvgIpc) is 3.14. The van der Waals surface area contributed by atoms with E-state index in [4.69, 9.17) is 11.6 Å². The van der Waals surface area contributed by atoms with E-state index in [0.717, 1.165) is 33.7 Å². The first kappa shape index (κ1) is 14.9. The smallest absolute Gasteiger partial charge is 0.191 e. The van der Waals surface area contributed by atoms with Gasteiger partial charge in [0.1, 0.15) is 0 Å². The summed E-state index contributed by atoms with van der Waals surface area (Å²) < 4.78 is 2.33. The molecular formula is C16H20ClN3S. The second-order valence-electron chi connectivity index (χ2n) is 5.44. The second-order valence-corrected chi connectivity index (χ2v) is 6.91. The Balaban J connectivity index is 2.03. The van der Waals surface area contributed by atoms with E-state index in [9.17, 15) is 0 Å². The van der Waals surface area contributed by atoms with Crippen molar-refractivity contribution in [2.45, 2.75) is 50.2 Å². The first-order chi connectivity index (χ1) is 10.3. The van der Waals surface area contributed by atoms with E-state index in [1.807, 2.05) is 24.3 Å². The Labute approximate surface area is 135 Å². The van der Waals surface area contributed by atoms with Crippen LogP contribution in [0.25, 0.3) is 11.4 Å². The third-order valence-electron chi connectivity index (χ3n) is 3.90. The normalized spacial score (nSPS) is 15.7. The molecule has 5 heteroatoms. The fourth-order valence-electron chi connectivity index (χ4n) is 2.89. The van der Waals surface area contributed by atoms with E-state index >= 15 is 0 Å². The van der Waals surface area contributed by atoms with Gasteiger partial charge in [-0.2, -0.15) is 0 Å². The quantitative estimate of drug-likeness (QED) is 0.708. The fourth-order valence-corrected chi connectivity index (χ4v) is 3.97.